The molecule has 5 heteroatoms. The van der Waals surface area contributed by atoms with Crippen molar-refractivity contribution in [3.8, 4) is 0 Å². The van der Waals surface area contributed by atoms with Crippen LogP contribution in [0.2, 0.25) is 0 Å². The van der Waals surface area contributed by atoms with E-state index in [1.165, 1.54) is 19.5 Å². The first-order valence-electron chi connectivity index (χ1n) is 2.48. The van der Waals surface area contributed by atoms with Crippen LogP contribution in [0.25, 0.3) is 0 Å². The standard InChI is InChI=1S/C3H7N.H4O3Si/c1-2-4-3-1;1-4(2)3/h4H,1-3H2;1-4H. The summed E-state index contributed by atoms with van der Waals surface area (Å²) in [6.45, 7) is 2.50. The Hall–Kier alpha value is 0.0569. The van der Waals surface area contributed by atoms with E-state index in [9.17, 15) is 0 Å². The van der Waals surface area contributed by atoms with Crippen molar-refractivity contribution in [2.24, 2.45) is 0 Å². The highest BCUT2D eigenvalue weighted by Gasteiger charge is 1.92. The van der Waals surface area contributed by atoms with Crippen molar-refractivity contribution in [2.45, 2.75) is 6.42 Å². The van der Waals surface area contributed by atoms with Crippen LogP contribution in [-0.4, -0.2) is 37.0 Å². The van der Waals surface area contributed by atoms with Gasteiger partial charge in [-0.05, 0) is 19.5 Å². The Bertz CT molecular complexity index is 41.0. The van der Waals surface area contributed by atoms with Crippen molar-refractivity contribution in [1.82, 2.24) is 5.32 Å². The van der Waals surface area contributed by atoms with E-state index >= 15 is 0 Å². The molecule has 0 aromatic carbocycles. The van der Waals surface area contributed by atoms with Gasteiger partial charge in [-0.1, -0.05) is 0 Å². The van der Waals surface area contributed by atoms with Gasteiger partial charge in [-0.15, -0.1) is 0 Å². The average molecular weight is 137 g/mol. The van der Waals surface area contributed by atoms with E-state index in [-0.39, 0.29) is 0 Å². The van der Waals surface area contributed by atoms with Gasteiger partial charge in [0, 0.05) is 0 Å². The van der Waals surface area contributed by atoms with Crippen LogP contribution in [0.5, 0.6) is 0 Å². The van der Waals surface area contributed by atoms with E-state index in [1.54, 1.807) is 0 Å². The maximum Gasteiger partial charge on any atom is 0.475 e. The van der Waals surface area contributed by atoms with Crippen molar-refractivity contribution in [2.75, 3.05) is 13.1 Å². The van der Waals surface area contributed by atoms with Gasteiger partial charge in [0.1, 0.15) is 0 Å². The van der Waals surface area contributed by atoms with Gasteiger partial charge in [0.15, 0.2) is 0 Å². The molecular formula is C3H11NO3Si. The highest BCUT2D eigenvalue weighted by atomic mass is 28.3. The van der Waals surface area contributed by atoms with Crippen LogP contribution >= 0.6 is 0 Å². The summed E-state index contributed by atoms with van der Waals surface area (Å²) in [4.78, 5) is 21.9. The maximum atomic E-state index is 7.31. The van der Waals surface area contributed by atoms with Crippen LogP contribution in [0.4, 0.5) is 0 Å². The molecule has 8 heavy (non-hydrogen) atoms. The van der Waals surface area contributed by atoms with Gasteiger partial charge in [-0.3, -0.25) is 0 Å². The van der Waals surface area contributed by atoms with E-state index in [0.717, 1.165) is 0 Å². The lowest BCUT2D eigenvalue weighted by molar-refractivity contribution is 0.278. The predicted molar refractivity (Wildman–Crippen MR) is 31.3 cm³/mol. The zero-order valence-electron chi connectivity index (χ0n) is 4.54. The molecular weight excluding hydrogens is 126 g/mol. The van der Waals surface area contributed by atoms with Crippen LogP contribution in [0.3, 0.4) is 0 Å². The highest BCUT2D eigenvalue weighted by Crippen LogP contribution is 1.80. The molecule has 1 aliphatic heterocycles. The van der Waals surface area contributed by atoms with Gasteiger partial charge < -0.3 is 19.7 Å². The summed E-state index contributed by atoms with van der Waals surface area (Å²) in [6.07, 6.45) is 1.39. The summed E-state index contributed by atoms with van der Waals surface area (Å²) >= 11 is 0. The fourth-order valence-corrected chi connectivity index (χ4v) is 0.177. The number of hydrogen-bond acceptors (Lipinski definition) is 4. The van der Waals surface area contributed by atoms with Crippen molar-refractivity contribution in [1.29, 1.82) is 0 Å². The third-order valence-corrected chi connectivity index (χ3v) is 0.707. The van der Waals surface area contributed by atoms with E-state index in [4.69, 9.17) is 14.4 Å². The summed E-state index contributed by atoms with van der Waals surface area (Å²) in [7, 11) is -3.14. The largest absolute Gasteiger partial charge is 0.475 e. The molecule has 0 atom stereocenters. The normalized spacial score (nSPS) is 16.5. The van der Waals surface area contributed by atoms with Crippen LogP contribution in [0, 0.1) is 0 Å². The first-order chi connectivity index (χ1) is 3.73. The number of hydrogen-bond donors (Lipinski definition) is 4. The van der Waals surface area contributed by atoms with E-state index in [2.05, 4.69) is 5.32 Å². The van der Waals surface area contributed by atoms with Gasteiger partial charge in [0.25, 0.3) is 0 Å². The lowest BCUT2D eigenvalue weighted by atomic mass is 10.3. The second-order valence-corrected chi connectivity index (χ2v) is 2.14. The van der Waals surface area contributed by atoms with Crippen molar-refractivity contribution in [3.63, 3.8) is 0 Å². The third kappa shape index (κ3) is 9.41. The van der Waals surface area contributed by atoms with Crippen LogP contribution in [0.15, 0.2) is 0 Å². The molecule has 1 heterocycles. The molecule has 50 valence electrons. The Labute approximate surface area is 49.7 Å². The first kappa shape index (κ1) is 8.06. The summed E-state index contributed by atoms with van der Waals surface area (Å²) in [5.41, 5.74) is 0. The molecule has 0 bridgehead atoms. The Morgan fingerprint density at radius 2 is 1.25 bits per heavy atom. The molecule has 0 aromatic rings. The average Bonchev–Trinajstić information content (AvgIpc) is 1.19. The molecule has 0 saturated carbocycles. The van der Waals surface area contributed by atoms with Gasteiger partial charge in [-0.2, -0.15) is 0 Å². The predicted octanol–water partition coefficient (Wildman–Crippen LogP) is -2.34. The van der Waals surface area contributed by atoms with Crippen molar-refractivity contribution >= 4 is 9.53 Å². The zero-order chi connectivity index (χ0) is 6.41. The molecule has 4 nitrogen and oxygen atoms in total. The van der Waals surface area contributed by atoms with Gasteiger partial charge >= 0.3 is 9.53 Å². The Morgan fingerprint density at radius 1 is 1.12 bits per heavy atom. The molecule has 1 saturated heterocycles. The Morgan fingerprint density at radius 3 is 1.25 bits per heavy atom. The SMILES string of the molecule is C1CNC1.O[SiH](O)O. The molecule has 1 aliphatic rings. The molecule has 0 spiro atoms. The minimum Gasteiger partial charge on any atom is -0.392 e. The lowest BCUT2D eigenvalue weighted by Crippen LogP contribution is -2.29. The Kier molecular flexibility index (Phi) is 5.24. The molecule has 0 unspecified atom stereocenters. The zero-order valence-corrected chi connectivity index (χ0v) is 5.70. The molecule has 0 amide bonds. The van der Waals surface area contributed by atoms with Crippen molar-refractivity contribution < 1.29 is 14.4 Å². The highest BCUT2D eigenvalue weighted by molar-refractivity contribution is 6.30. The Balaban J connectivity index is 0.000000122. The summed E-state index contributed by atoms with van der Waals surface area (Å²) in [6, 6.07) is 0. The fraction of sp³-hybridized carbons (Fsp3) is 1.00. The molecule has 0 radical (unpaired) electrons. The number of nitrogens with one attached hydrogen (secondary N) is 1. The van der Waals surface area contributed by atoms with Crippen LogP contribution in [0.1, 0.15) is 6.42 Å². The van der Waals surface area contributed by atoms with E-state index in [0.29, 0.717) is 0 Å². The molecule has 4 N–H and O–H groups in total. The lowest BCUT2D eigenvalue weighted by Gasteiger charge is -2.09. The van der Waals surface area contributed by atoms with Crippen LogP contribution in [-0.2, 0) is 0 Å². The topological polar surface area (TPSA) is 72.7 Å². The van der Waals surface area contributed by atoms with Gasteiger partial charge in [0.05, 0.1) is 0 Å². The quantitative estimate of drug-likeness (QED) is 0.282. The smallest absolute Gasteiger partial charge is 0.392 e. The molecule has 0 aliphatic carbocycles. The molecule has 1 rings (SSSR count). The molecule has 0 aromatic heterocycles. The fourth-order valence-electron chi connectivity index (χ4n) is 0.177. The molecule has 1 fully saturated rings. The minimum absolute atomic E-state index is 1.25. The second-order valence-electron chi connectivity index (χ2n) is 1.45. The van der Waals surface area contributed by atoms with Crippen LogP contribution < -0.4 is 5.32 Å². The van der Waals surface area contributed by atoms with E-state index in [1.807, 2.05) is 0 Å². The summed E-state index contributed by atoms with van der Waals surface area (Å²) < 4.78 is 0. The maximum absolute atomic E-state index is 7.31. The van der Waals surface area contributed by atoms with Gasteiger partial charge in [0.2, 0.25) is 0 Å². The minimum atomic E-state index is -3.14. The second kappa shape index (κ2) is 5.20. The van der Waals surface area contributed by atoms with Gasteiger partial charge in [-0.25, -0.2) is 0 Å². The first-order valence-corrected chi connectivity index (χ1v) is 4.03. The van der Waals surface area contributed by atoms with E-state index < -0.39 is 9.53 Å². The summed E-state index contributed by atoms with van der Waals surface area (Å²) in [5.74, 6) is 0. The monoisotopic (exact) mass is 137 g/mol. The summed E-state index contributed by atoms with van der Waals surface area (Å²) in [5, 5.41) is 3.11. The van der Waals surface area contributed by atoms with Crippen molar-refractivity contribution in [3.05, 3.63) is 0 Å². The number of rotatable bonds is 0. The third-order valence-electron chi connectivity index (χ3n) is 0.707.